The fraction of sp³-hybridized carbons (Fsp3) is 0.647. The Bertz CT molecular complexity index is 474. The molecule has 0 N–H and O–H groups in total. The molecule has 7 heteroatoms. The van der Waals surface area contributed by atoms with Crippen LogP contribution in [0.5, 0.6) is 0 Å². The first-order valence-corrected chi connectivity index (χ1v) is 8.56. The van der Waals surface area contributed by atoms with Gasteiger partial charge in [-0.2, -0.15) is 13.2 Å². The summed E-state index contributed by atoms with van der Waals surface area (Å²) >= 11 is 0. The quantitative estimate of drug-likeness (QED) is 0.327. The third-order valence-electron chi connectivity index (χ3n) is 3.59. The van der Waals surface area contributed by atoms with Crippen LogP contribution in [0.2, 0.25) is 0 Å². The van der Waals surface area contributed by atoms with Crippen LogP contribution in [0.25, 0.3) is 0 Å². The molecular formula is C17H24F3O3Si. The van der Waals surface area contributed by atoms with Gasteiger partial charge in [-0.15, -0.1) is 0 Å². The van der Waals surface area contributed by atoms with Crippen LogP contribution in [-0.4, -0.2) is 29.7 Å². The van der Waals surface area contributed by atoms with E-state index in [1.165, 1.54) is 12.1 Å². The number of benzene rings is 1. The number of hydrogen-bond acceptors (Lipinski definition) is 3. The third-order valence-corrected chi connectivity index (χ3v) is 3.90. The molecule has 0 amide bonds. The van der Waals surface area contributed by atoms with E-state index in [9.17, 15) is 13.2 Å². The van der Waals surface area contributed by atoms with Crippen LogP contribution < -0.4 is 0 Å². The summed E-state index contributed by atoms with van der Waals surface area (Å²) in [5, 5.41) is 0. The first kappa shape index (κ1) is 21.2. The van der Waals surface area contributed by atoms with Gasteiger partial charge in [-0.1, -0.05) is 24.6 Å². The highest BCUT2D eigenvalue weighted by molar-refractivity contribution is 5.98. The van der Waals surface area contributed by atoms with Crippen molar-refractivity contribution in [1.29, 1.82) is 0 Å². The van der Waals surface area contributed by atoms with E-state index >= 15 is 0 Å². The van der Waals surface area contributed by atoms with Gasteiger partial charge in [-0.25, -0.2) is 0 Å². The number of halogens is 3. The number of rotatable bonds is 11. The summed E-state index contributed by atoms with van der Waals surface area (Å²) in [4.78, 5) is 0. The second-order valence-electron chi connectivity index (χ2n) is 5.41. The summed E-state index contributed by atoms with van der Waals surface area (Å²) in [5.74, 6) is -1.10. The van der Waals surface area contributed by atoms with Crippen molar-refractivity contribution in [3.05, 3.63) is 35.4 Å². The predicted molar refractivity (Wildman–Crippen MR) is 86.4 cm³/mol. The molecule has 1 aromatic rings. The predicted octanol–water partition coefficient (Wildman–Crippen LogP) is 4.64. The standard InChI is InChI=1S/C17H24F3O3Si/c1-3-21-16(23-24,22-4-2)12-7-5-6-9-14-10-8-11-15(13-14)17(18,19)20/h8,10-11,13H,3-7,9,12H2,1-2H3. The lowest BCUT2D eigenvalue weighted by molar-refractivity contribution is -0.344. The zero-order chi connectivity index (χ0) is 18.1. The highest BCUT2D eigenvalue weighted by atomic mass is 28.2. The van der Waals surface area contributed by atoms with Gasteiger partial charge in [0.2, 0.25) is 0 Å². The average molecular weight is 361 g/mol. The molecule has 1 aromatic carbocycles. The lowest BCUT2D eigenvalue weighted by Gasteiger charge is -2.31. The van der Waals surface area contributed by atoms with E-state index in [1.54, 1.807) is 6.07 Å². The molecule has 1 rings (SSSR count). The molecule has 0 unspecified atom stereocenters. The highest BCUT2D eigenvalue weighted by Gasteiger charge is 2.31. The Hall–Kier alpha value is -0.893. The van der Waals surface area contributed by atoms with Crippen molar-refractivity contribution in [3.63, 3.8) is 0 Å². The second-order valence-corrected chi connectivity index (χ2v) is 5.61. The molecule has 0 fully saturated rings. The first-order valence-electron chi connectivity index (χ1n) is 8.15. The van der Waals surface area contributed by atoms with Crippen molar-refractivity contribution in [2.24, 2.45) is 0 Å². The van der Waals surface area contributed by atoms with Crippen molar-refractivity contribution >= 4 is 10.5 Å². The third kappa shape index (κ3) is 6.92. The zero-order valence-electron chi connectivity index (χ0n) is 14.1. The van der Waals surface area contributed by atoms with Gasteiger partial charge in [-0.3, -0.25) is 0 Å². The van der Waals surface area contributed by atoms with Crippen molar-refractivity contribution in [2.45, 2.75) is 58.1 Å². The van der Waals surface area contributed by atoms with E-state index in [-0.39, 0.29) is 0 Å². The van der Waals surface area contributed by atoms with Gasteiger partial charge in [0.25, 0.3) is 16.5 Å². The molecule has 3 radical (unpaired) electrons. The smallest absolute Gasteiger partial charge is 0.371 e. The second kappa shape index (κ2) is 10.2. The van der Waals surface area contributed by atoms with Crippen molar-refractivity contribution in [1.82, 2.24) is 0 Å². The molecule has 0 heterocycles. The number of ether oxygens (including phenoxy) is 2. The van der Waals surface area contributed by atoms with Gasteiger partial charge in [0.15, 0.2) is 0 Å². The van der Waals surface area contributed by atoms with Gasteiger partial charge in [0, 0.05) is 19.6 Å². The molecule has 0 saturated carbocycles. The van der Waals surface area contributed by atoms with E-state index in [2.05, 4.69) is 10.5 Å². The Morgan fingerprint density at radius 3 is 2.21 bits per heavy atom. The Kier molecular flexibility index (Phi) is 8.97. The molecule has 135 valence electrons. The molecule has 0 saturated heterocycles. The monoisotopic (exact) mass is 361 g/mol. The molecule has 0 atom stereocenters. The number of alkyl halides is 3. The van der Waals surface area contributed by atoms with Crippen molar-refractivity contribution in [3.8, 4) is 0 Å². The van der Waals surface area contributed by atoms with Crippen LogP contribution in [0.15, 0.2) is 24.3 Å². The van der Waals surface area contributed by atoms with Gasteiger partial charge >= 0.3 is 6.18 Å². The lowest BCUT2D eigenvalue weighted by Crippen LogP contribution is -2.38. The molecule has 0 spiro atoms. The maximum absolute atomic E-state index is 12.7. The van der Waals surface area contributed by atoms with E-state index < -0.39 is 17.7 Å². The van der Waals surface area contributed by atoms with E-state index in [1.807, 2.05) is 13.8 Å². The van der Waals surface area contributed by atoms with Crippen LogP contribution in [0, 0.1) is 0 Å². The molecule has 24 heavy (non-hydrogen) atoms. The average Bonchev–Trinajstić information content (AvgIpc) is 2.54. The lowest BCUT2D eigenvalue weighted by atomic mass is 10.0. The molecule has 0 aromatic heterocycles. The van der Waals surface area contributed by atoms with Gasteiger partial charge in [0.1, 0.15) is 0 Å². The summed E-state index contributed by atoms with van der Waals surface area (Å²) < 4.78 is 54.3. The van der Waals surface area contributed by atoms with E-state index in [0.717, 1.165) is 25.3 Å². The summed E-state index contributed by atoms with van der Waals surface area (Å²) in [5.41, 5.74) is 0.0984. The number of hydrogen-bond donors (Lipinski definition) is 0. The minimum atomic E-state index is -4.29. The largest absolute Gasteiger partial charge is 0.416 e. The van der Waals surface area contributed by atoms with Crippen molar-refractivity contribution in [2.75, 3.05) is 13.2 Å². The molecule has 3 nitrogen and oxygen atoms in total. The maximum Gasteiger partial charge on any atom is 0.416 e. The summed E-state index contributed by atoms with van der Waals surface area (Å²) in [7, 11) is 3.00. The van der Waals surface area contributed by atoms with Crippen LogP contribution >= 0.6 is 0 Å². The topological polar surface area (TPSA) is 27.7 Å². The summed E-state index contributed by atoms with van der Waals surface area (Å²) in [6.45, 7) is 4.61. The minimum absolute atomic E-state index is 0.453. The maximum atomic E-state index is 12.7. The fourth-order valence-corrected chi connectivity index (χ4v) is 2.71. The molecule has 0 bridgehead atoms. The van der Waals surface area contributed by atoms with E-state index in [4.69, 9.17) is 13.9 Å². The minimum Gasteiger partial charge on any atom is -0.371 e. The van der Waals surface area contributed by atoms with Gasteiger partial charge < -0.3 is 13.9 Å². The van der Waals surface area contributed by atoms with Gasteiger partial charge in [-0.05, 0) is 44.7 Å². The molecule has 0 aliphatic heterocycles. The molecular weight excluding hydrogens is 337 g/mol. The Balaban J connectivity index is 2.43. The summed E-state index contributed by atoms with van der Waals surface area (Å²) in [6, 6.07) is 5.48. The van der Waals surface area contributed by atoms with Crippen molar-refractivity contribution < 1.29 is 27.1 Å². The van der Waals surface area contributed by atoms with E-state index in [0.29, 0.717) is 31.6 Å². The zero-order valence-corrected chi connectivity index (χ0v) is 15.1. The van der Waals surface area contributed by atoms with Crippen LogP contribution in [0.3, 0.4) is 0 Å². The summed E-state index contributed by atoms with van der Waals surface area (Å²) in [6.07, 6.45) is -0.734. The normalized spacial score (nSPS) is 12.6. The fourth-order valence-electron chi connectivity index (χ4n) is 2.49. The molecule has 0 aliphatic carbocycles. The first-order chi connectivity index (χ1) is 11.4. The Morgan fingerprint density at radius 1 is 1.00 bits per heavy atom. The molecule has 0 aliphatic rings. The highest BCUT2D eigenvalue weighted by Crippen LogP contribution is 2.30. The number of unbranched alkanes of at least 4 members (excludes halogenated alkanes) is 2. The van der Waals surface area contributed by atoms with Gasteiger partial charge in [0.05, 0.1) is 5.56 Å². The van der Waals surface area contributed by atoms with Crippen LogP contribution in [0.4, 0.5) is 13.2 Å². The van der Waals surface area contributed by atoms with Crippen LogP contribution in [0.1, 0.15) is 50.7 Å². The SMILES string of the molecule is CCOC(CCCCCc1cccc(C(F)(F)F)c1)(O[Si])OCC. The Labute approximate surface area is 145 Å². The van der Waals surface area contributed by atoms with Crippen LogP contribution in [-0.2, 0) is 26.5 Å². The Morgan fingerprint density at radius 2 is 1.67 bits per heavy atom. The number of aryl methyl sites for hydroxylation is 1.